The first kappa shape index (κ1) is 14.4. The Balaban J connectivity index is 1.76. The molecular formula is C15H19N3O2. The van der Waals surface area contributed by atoms with Crippen molar-refractivity contribution >= 4 is 0 Å². The Morgan fingerprint density at radius 2 is 2.00 bits per heavy atom. The molecule has 5 nitrogen and oxygen atoms in total. The fraction of sp³-hybridized carbons (Fsp3) is 0.333. The van der Waals surface area contributed by atoms with Crippen LogP contribution in [0.1, 0.15) is 11.3 Å². The maximum atomic E-state index is 5.66. The number of ether oxygens (including phenoxy) is 2. The molecule has 1 N–H and O–H groups in total. The molecule has 0 aliphatic heterocycles. The molecule has 0 atom stereocenters. The Bertz CT molecular complexity index is 488. The van der Waals surface area contributed by atoms with E-state index in [2.05, 4.69) is 15.3 Å². The number of nitrogens with one attached hydrogen (secondary N) is 1. The van der Waals surface area contributed by atoms with Gasteiger partial charge in [-0.15, -0.1) is 0 Å². The van der Waals surface area contributed by atoms with E-state index in [0.717, 1.165) is 30.1 Å². The zero-order valence-corrected chi connectivity index (χ0v) is 11.6. The highest BCUT2D eigenvalue weighted by Gasteiger charge is 1.98. The summed E-state index contributed by atoms with van der Waals surface area (Å²) in [4.78, 5) is 8.32. The van der Waals surface area contributed by atoms with E-state index in [1.54, 1.807) is 25.7 Å². The molecule has 0 saturated carbocycles. The molecule has 0 aliphatic carbocycles. The Hall–Kier alpha value is -1.98. The van der Waals surface area contributed by atoms with Gasteiger partial charge in [0.15, 0.2) is 0 Å². The molecule has 0 saturated heterocycles. The van der Waals surface area contributed by atoms with Crippen molar-refractivity contribution in [3.8, 4) is 5.75 Å². The molecule has 0 amide bonds. The van der Waals surface area contributed by atoms with Crippen LogP contribution in [0.5, 0.6) is 5.75 Å². The zero-order valence-electron chi connectivity index (χ0n) is 11.6. The predicted octanol–water partition coefficient (Wildman–Crippen LogP) is 1.79. The lowest BCUT2D eigenvalue weighted by Crippen LogP contribution is -2.19. The van der Waals surface area contributed by atoms with Gasteiger partial charge in [-0.05, 0) is 29.8 Å². The second-order valence-corrected chi connectivity index (χ2v) is 4.30. The third-order valence-corrected chi connectivity index (χ3v) is 2.74. The number of hydrogen-bond acceptors (Lipinski definition) is 5. The highest BCUT2D eigenvalue weighted by molar-refractivity contribution is 5.20. The summed E-state index contributed by atoms with van der Waals surface area (Å²) in [6.07, 6.45) is 5.26. The first-order chi connectivity index (χ1) is 9.88. The molecule has 0 bridgehead atoms. The molecule has 0 unspecified atom stereocenters. The van der Waals surface area contributed by atoms with Gasteiger partial charge in [0, 0.05) is 32.6 Å². The lowest BCUT2D eigenvalue weighted by molar-refractivity contribution is 0.199. The molecule has 0 fully saturated rings. The minimum Gasteiger partial charge on any atom is -0.487 e. The summed E-state index contributed by atoms with van der Waals surface area (Å²) in [6, 6.07) is 7.76. The van der Waals surface area contributed by atoms with E-state index in [-0.39, 0.29) is 0 Å². The smallest absolute Gasteiger partial charge is 0.138 e. The lowest BCUT2D eigenvalue weighted by Gasteiger charge is -2.07. The van der Waals surface area contributed by atoms with Crippen molar-refractivity contribution in [2.75, 3.05) is 20.3 Å². The fourth-order valence-corrected chi connectivity index (χ4v) is 1.64. The molecule has 20 heavy (non-hydrogen) atoms. The van der Waals surface area contributed by atoms with E-state index in [0.29, 0.717) is 13.2 Å². The fourth-order valence-electron chi connectivity index (χ4n) is 1.64. The van der Waals surface area contributed by atoms with Crippen LogP contribution in [0.4, 0.5) is 0 Å². The van der Waals surface area contributed by atoms with Gasteiger partial charge in [-0.2, -0.15) is 0 Å². The summed E-state index contributed by atoms with van der Waals surface area (Å²) in [5, 5.41) is 3.24. The van der Waals surface area contributed by atoms with Gasteiger partial charge in [-0.1, -0.05) is 0 Å². The van der Waals surface area contributed by atoms with Gasteiger partial charge in [0.1, 0.15) is 12.4 Å². The molecule has 106 valence electrons. The van der Waals surface area contributed by atoms with Crippen LogP contribution >= 0.6 is 0 Å². The molecule has 2 heterocycles. The summed E-state index contributed by atoms with van der Waals surface area (Å²) in [6.45, 7) is 2.77. The number of nitrogens with zero attached hydrogens (tertiary/aromatic N) is 2. The average Bonchev–Trinajstić information content (AvgIpc) is 2.52. The van der Waals surface area contributed by atoms with Crippen molar-refractivity contribution in [1.82, 2.24) is 15.3 Å². The monoisotopic (exact) mass is 273 g/mol. The van der Waals surface area contributed by atoms with Crippen molar-refractivity contribution < 1.29 is 9.47 Å². The van der Waals surface area contributed by atoms with Crippen LogP contribution in [0.15, 0.2) is 42.9 Å². The zero-order chi connectivity index (χ0) is 14.0. The van der Waals surface area contributed by atoms with Crippen molar-refractivity contribution in [2.24, 2.45) is 0 Å². The number of aromatic nitrogens is 2. The molecule has 0 aromatic carbocycles. The van der Waals surface area contributed by atoms with Crippen LogP contribution in [0.25, 0.3) is 0 Å². The van der Waals surface area contributed by atoms with Gasteiger partial charge in [0.2, 0.25) is 0 Å². The predicted molar refractivity (Wildman–Crippen MR) is 76.4 cm³/mol. The molecule has 0 spiro atoms. The largest absolute Gasteiger partial charge is 0.487 e. The van der Waals surface area contributed by atoms with Crippen LogP contribution < -0.4 is 10.1 Å². The number of methoxy groups -OCH3 is 1. The summed E-state index contributed by atoms with van der Waals surface area (Å²) in [5.74, 6) is 0.766. The molecule has 0 aliphatic rings. The Morgan fingerprint density at radius 3 is 2.70 bits per heavy atom. The second kappa shape index (κ2) is 8.24. The third-order valence-electron chi connectivity index (χ3n) is 2.74. The second-order valence-electron chi connectivity index (χ2n) is 4.30. The highest BCUT2D eigenvalue weighted by Crippen LogP contribution is 2.11. The minimum atomic E-state index is 0.523. The van der Waals surface area contributed by atoms with E-state index >= 15 is 0 Å². The van der Waals surface area contributed by atoms with Gasteiger partial charge in [-0.3, -0.25) is 9.97 Å². The topological polar surface area (TPSA) is 56.3 Å². The lowest BCUT2D eigenvalue weighted by atomic mass is 10.3. The van der Waals surface area contributed by atoms with Crippen molar-refractivity contribution in [3.05, 3.63) is 54.1 Å². The molecule has 2 rings (SSSR count). The Kier molecular flexibility index (Phi) is 5.95. The quantitative estimate of drug-likeness (QED) is 0.743. The summed E-state index contributed by atoms with van der Waals surface area (Å²) in [7, 11) is 1.69. The Morgan fingerprint density at radius 1 is 1.15 bits per heavy atom. The van der Waals surface area contributed by atoms with E-state index in [1.807, 2.05) is 24.3 Å². The molecule has 2 aromatic heterocycles. The normalized spacial score (nSPS) is 10.4. The van der Waals surface area contributed by atoms with Gasteiger partial charge in [0.05, 0.1) is 18.5 Å². The van der Waals surface area contributed by atoms with E-state index in [4.69, 9.17) is 9.47 Å². The van der Waals surface area contributed by atoms with Gasteiger partial charge in [0.25, 0.3) is 0 Å². The molecule has 2 aromatic rings. The van der Waals surface area contributed by atoms with Crippen LogP contribution in [0.2, 0.25) is 0 Å². The summed E-state index contributed by atoms with van der Waals surface area (Å²) < 4.78 is 10.6. The first-order valence-electron chi connectivity index (χ1n) is 6.55. The minimum absolute atomic E-state index is 0.523. The maximum Gasteiger partial charge on any atom is 0.138 e. The SMILES string of the molecule is COCCNCc1ccc(OCc2ccncc2)cn1. The van der Waals surface area contributed by atoms with Gasteiger partial charge < -0.3 is 14.8 Å². The number of rotatable bonds is 8. The summed E-state index contributed by atoms with van der Waals surface area (Å²) >= 11 is 0. The van der Waals surface area contributed by atoms with Crippen LogP contribution in [0.3, 0.4) is 0 Å². The van der Waals surface area contributed by atoms with Crippen molar-refractivity contribution in [3.63, 3.8) is 0 Å². The van der Waals surface area contributed by atoms with E-state index in [1.165, 1.54) is 0 Å². The summed E-state index contributed by atoms with van der Waals surface area (Å²) in [5.41, 5.74) is 2.07. The van der Waals surface area contributed by atoms with Crippen molar-refractivity contribution in [2.45, 2.75) is 13.2 Å². The molecule has 0 radical (unpaired) electrons. The Labute approximate surface area is 119 Å². The van der Waals surface area contributed by atoms with Gasteiger partial charge in [-0.25, -0.2) is 0 Å². The third kappa shape index (κ3) is 4.95. The van der Waals surface area contributed by atoms with Crippen LogP contribution in [0, 0.1) is 0 Å². The van der Waals surface area contributed by atoms with Crippen molar-refractivity contribution in [1.29, 1.82) is 0 Å². The van der Waals surface area contributed by atoms with E-state index < -0.39 is 0 Å². The molecule has 5 heteroatoms. The van der Waals surface area contributed by atoms with E-state index in [9.17, 15) is 0 Å². The molecular weight excluding hydrogens is 254 g/mol. The standard InChI is InChI=1S/C15H19N3O2/c1-19-9-8-17-10-14-2-3-15(11-18-14)20-12-13-4-6-16-7-5-13/h2-7,11,17H,8-10,12H2,1H3. The first-order valence-corrected chi connectivity index (χ1v) is 6.55. The highest BCUT2D eigenvalue weighted by atomic mass is 16.5. The average molecular weight is 273 g/mol. The number of pyridine rings is 2. The number of hydrogen-bond donors (Lipinski definition) is 1. The van der Waals surface area contributed by atoms with Crippen LogP contribution in [-0.4, -0.2) is 30.2 Å². The maximum absolute atomic E-state index is 5.66. The van der Waals surface area contributed by atoms with Gasteiger partial charge >= 0.3 is 0 Å². The van der Waals surface area contributed by atoms with Crippen LogP contribution in [-0.2, 0) is 17.9 Å².